The van der Waals surface area contributed by atoms with Crippen molar-refractivity contribution in [3.05, 3.63) is 0 Å². The summed E-state index contributed by atoms with van der Waals surface area (Å²) in [4.78, 5) is 2.64. The summed E-state index contributed by atoms with van der Waals surface area (Å²) in [5.74, 6) is 0. The molecule has 1 fully saturated rings. The van der Waals surface area contributed by atoms with Crippen LogP contribution in [0.1, 0.15) is 0 Å². The molecule has 71 valence electrons. The van der Waals surface area contributed by atoms with Gasteiger partial charge in [-0.05, 0) is 0 Å². The summed E-state index contributed by atoms with van der Waals surface area (Å²) in [5.41, 5.74) is 0. The lowest BCUT2D eigenvalue weighted by atomic mass is 10.5. The molecule has 1 aliphatic heterocycles. The Morgan fingerprint density at radius 1 is 1.09 bits per heavy atom. The molecule has 0 atom stereocenters. The lowest BCUT2D eigenvalue weighted by Gasteiger charge is -2.23. The van der Waals surface area contributed by atoms with Gasteiger partial charge in [0, 0.05) is 25.9 Å². The average Bonchev–Trinajstić information content (AvgIpc) is 1.90. The number of hydrazine groups is 1. The molecule has 0 aliphatic carbocycles. The average molecular weight is 193 g/mol. The molecule has 0 saturated carbocycles. The van der Waals surface area contributed by atoms with Crippen molar-refractivity contribution in [3.63, 3.8) is 0 Å². The highest BCUT2D eigenvalue weighted by atomic mass is 32.1. The number of nitrogens with zero attached hydrogens (tertiary/aromatic N) is 1. The van der Waals surface area contributed by atoms with Crippen molar-refractivity contribution in [2.75, 3.05) is 26.3 Å². The van der Waals surface area contributed by atoms with E-state index in [1.54, 1.807) is 0 Å². The SMILES string of the molecule is F.F.F.[S]NN1CCOCC1. The van der Waals surface area contributed by atoms with Crippen LogP contribution in [0.4, 0.5) is 14.1 Å². The Morgan fingerprint density at radius 3 is 1.82 bits per heavy atom. The fourth-order valence-electron chi connectivity index (χ4n) is 0.655. The zero-order valence-corrected chi connectivity index (χ0v) is 6.63. The van der Waals surface area contributed by atoms with E-state index in [-0.39, 0.29) is 14.1 Å². The Balaban J connectivity index is -0.000000213. The molecule has 1 radical (unpaired) electrons. The Bertz CT molecular complexity index is 74.4. The van der Waals surface area contributed by atoms with Gasteiger partial charge in [-0.3, -0.25) is 14.1 Å². The summed E-state index contributed by atoms with van der Waals surface area (Å²) >= 11 is 4.59. The Kier molecular flexibility index (Phi) is 15.7. The molecular weight excluding hydrogens is 181 g/mol. The summed E-state index contributed by atoms with van der Waals surface area (Å²) in [7, 11) is 0. The number of rotatable bonds is 1. The molecule has 0 aromatic carbocycles. The topological polar surface area (TPSA) is 24.5 Å². The van der Waals surface area contributed by atoms with Gasteiger partial charge in [-0.25, -0.2) is 5.01 Å². The standard InChI is InChI=1S/C4H9N2OS.3FH/c8-5-6-1-3-7-4-2-6;;;/h5H,1-4H2;3*1H. The molecule has 1 heterocycles. The van der Waals surface area contributed by atoms with Gasteiger partial charge in [0.1, 0.15) is 0 Å². The summed E-state index contributed by atoms with van der Waals surface area (Å²) in [6, 6.07) is 0. The quantitative estimate of drug-likeness (QED) is 0.652. The highest BCUT2D eigenvalue weighted by Gasteiger charge is 2.06. The van der Waals surface area contributed by atoms with Crippen molar-refractivity contribution in [1.29, 1.82) is 0 Å². The summed E-state index contributed by atoms with van der Waals surface area (Å²) in [5, 5.41) is 1.96. The van der Waals surface area contributed by atoms with E-state index >= 15 is 0 Å². The zero-order valence-electron chi connectivity index (χ0n) is 5.82. The third-order valence-electron chi connectivity index (χ3n) is 1.14. The lowest BCUT2D eigenvalue weighted by Crippen LogP contribution is -2.41. The minimum atomic E-state index is 0. The molecule has 1 saturated heterocycles. The Morgan fingerprint density at radius 2 is 1.55 bits per heavy atom. The van der Waals surface area contributed by atoms with Crippen molar-refractivity contribution < 1.29 is 18.9 Å². The molecule has 0 aromatic heterocycles. The molecule has 1 N–H and O–H groups in total. The van der Waals surface area contributed by atoms with Crippen molar-refractivity contribution in [3.8, 4) is 0 Å². The van der Waals surface area contributed by atoms with E-state index in [2.05, 4.69) is 17.6 Å². The number of halogens is 3. The maximum absolute atomic E-state index is 5.07. The van der Waals surface area contributed by atoms with Gasteiger partial charge < -0.3 is 4.74 Å². The molecular formula is C4H12F3N2OS. The minimum Gasteiger partial charge on any atom is -0.379 e. The fourth-order valence-corrected chi connectivity index (χ4v) is 0.837. The van der Waals surface area contributed by atoms with Crippen LogP contribution in [-0.4, -0.2) is 31.3 Å². The van der Waals surface area contributed by atoms with Crippen LogP contribution >= 0.6 is 12.8 Å². The number of hydrogen-bond acceptors (Lipinski definition) is 3. The molecule has 7 heteroatoms. The number of morpholine rings is 1. The summed E-state index contributed by atoms with van der Waals surface area (Å²) in [6.45, 7) is 3.40. The first-order valence-corrected chi connectivity index (χ1v) is 3.05. The molecule has 0 spiro atoms. The molecule has 11 heavy (non-hydrogen) atoms. The van der Waals surface area contributed by atoms with Crippen molar-refractivity contribution >= 4 is 12.8 Å². The van der Waals surface area contributed by atoms with Crippen LogP contribution in [0, 0.1) is 0 Å². The second-order valence-corrected chi connectivity index (χ2v) is 1.87. The molecule has 3 nitrogen and oxygen atoms in total. The predicted octanol–water partition coefficient (Wildman–Crippen LogP) is 0.393. The highest BCUT2D eigenvalue weighted by Crippen LogP contribution is 1.91. The van der Waals surface area contributed by atoms with Crippen LogP contribution < -0.4 is 4.83 Å². The van der Waals surface area contributed by atoms with E-state index in [0.29, 0.717) is 0 Å². The van der Waals surface area contributed by atoms with Crippen LogP contribution in [0.5, 0.6) is 0 Å². The smallest absolute Gasteiger partial charge is 0.0608 e. The van der Waals surface area contributed by atoms with Gasteiger partial charge in [0.15, 0.2) is 0 Å². The normalized spacial score (nSPS) is 17.2. The minimum absolute atomic E-state index is 0. The van der Waals surface area contributed by atoms with Crippen LogP contribution in [0.25, 0.3) is 0 Å². The first-order valence-electron chi connectivity index (χ1n) is 2.64. The van der Waals surface area contributed by atoms with Gasteiger partial charge in [-0.2, -0.15) is 4.83 Å². The third kappa shape index (κ3) is 6.42. The summed E-state index contributed by atoms with van der Waals surface area (Å²) < 4.78 is 5.07. The predicted molar refractivity (Wildman–Crippen MR) is 40.6 cm³/mol. The van der Waals surface area contributed by atoms with Crippen molar-refractivity contribution in [2.24, 2.45) is 0 Å². The van der Waals surface area contributed by atoms with E-state index < -0.39 is 0 Å². The maximum atomic E-state index is 5.07. The van der Waals surface area contributed by atoms with Crippen LogP contribution in [0.15, 0.2) is 0 Å². The Hall–Kier alpha value is 0.0200. The van der Waals surface area contributed by atoms with Gasteiger partial charge >= 0.3 is 0 Å². The van der Waals surface area contributed by atoms with Crippen LogP contribution in [0.3, 0.4) is 0 Å². The largest absolute Gasteiger partial charge is 0.379 e. The monoisotopic (exact) mass is 193 g/mol. The van der Waals surface area contributed by atoms with E-state index in [0.717, 1.165) is 26.3 Å². The first kappa shape index (κ1) is 17.2. The highest BCUT2D eigenvalue weighted by molar-refractivity contribution is 7.78. The summed E-state index contributed by atoms with van der Waals surface area (Å²) in [6.07, 6.45) is 0. The van der Waals surface area contributed by atoms with Gasteiger partial charge in [0.05, 0.1) is 13.2 Å². The van der Waals surface area contributed by atoms with Crippen LogP contribution in [0.2, 0.25) is 0 Å². The number of nitrogens with one attached hydrogen (secondary N) is 1. The molecule has 1 aliphatic rings. The fraction of sp³-hybridized carbons (Fsp3) is 1.00. The van der Waals surface area contributed by atoms with E-state index in [4.69, 9.17) is 4.74 Å². The van der Waals surface area contributed by atoms with Gasteiger partial charge in [-0.15, -0.1) is 0 Å². The third-order valence-corrected chi connectivity index (χ3v) is 1.40. The second kappa shape index (κ2) is 10.0. The zero-order chi connectivity index (χ0) is 5.82. The lowest BCUT2D eigenvalue weighted by molar-refractivity contribution is 0.0293. The van der Waals surface area contributed by atoms with Crippen molar-refractivity contribution in [2.45, 2.75) is 0 Å². The second-order valence-electron chi connectivity index (χ2n) is 1.69. The van der Waals surface area contributed by atoms with Crippen LogP contribution in [-0.2, 0) is 4.74 Å². The Labute approximate surface area is 68.7 Å². The van der Waals surface area contributed by atoms with Gasteiger partial charge in [0.2, 0.25) is 0 Å². The maximum Gasteiger partial charge on any atom is 0.0608 e. The molecule has 0 aromatic rings. The number of ether oxygens (including phenoxy) is 1. The molecule has 1 rings (SSSR count). The van der Waals surface area contributed by atoms with Gasteiger partial charge in [-0.1, -0.05) is 0 Å². The van der Waals surface area contributed by atoms with Crippen molar-refractivity contribution in [1.82, 2.24) is 9.84 Å². The van der Waals surface area contributed by atoms with Gasteiger partial charge in [0.25, 0.3) is 0 Å². The van der Waals surface area contributed by atoms with E-state index in [1.807, 2.05) is 5.01 Å². The van der Waals surface area contributed by atoms with E-state index in [9.17, 15) is 0 Å². The molecule has 0 bridgehead atoms. The molecule has 0 unspecified atom stereocenters. The first-order chi connectivity index (χ1) is 3.93. The molecule has 0 amide bonds. The van der Waals surface area contributed by atoms with E-state index in [1.165, 1.54) is 0 Å². The number of hydrogen-bond donors (Lipinski definition) is 1.